The van der Waals surface area contributed by atoms with E-state index >= 15 is 0 Å². The molecule has 0 atom stereocenters. The molecule has 0 fully saturated rings. The summed E-state index contributed by atoms with van der Waals surface area (Å²) in [5.41, 5.74) is 0.713. The number of para-hydroxylation sites is 1. The number of anilines is 1. The zero-order valence-corrected chi connectivity index (χ0v) is 9.60. The van der Waals surface area contributed by atoms with Gasteiger partial charge in [0.25, 0.3) is 5.91 Å². The molecule has 2 aromatic rings. The van der Waals surface area contributed by atoms with Crippen LogP contribution in [0, 0.1) is 5.82 Å². The molecule has 0 saturated carbocycles. The van der Waals surface area contributed by atoms with Gasteiger partial charge < -0.3 is 10.1 Å². The van der Waals surface area contributed by atoms with Crippen LogP contribution in [0.2, 0.25) is 0 Å². The van der Waals surface area contributed by atoms with E-state index in [1.54, 1.807) is 12.1 Å². The van der Waals surface area contributed by atoms with E-state index in [0.29, 0.717) is 11.4 Å². The fourth-order valence-corrected chi connectivity index (χ4v) is 1.40. The van der Waals surface area contributed by atoms with Crippen molar-refractivity contribution in [2.75, 3.05) is 11.9 Å². The van der Waals surface area contributed by atoms with E-state index in [9.17, 15) is 9.18 Å². The lowest BCUT2D eigenvalue weighted by atomic mass is 10.3. The van der Waals surface area contributed by atoms with Crippen LogP contribution in [0.3, 0.4) is 0 Å². The summed E-state index contributed by atoms with van der Waals surface area (Å²) in [6, 6.07) is 14.6. The van der Waals surface area contributed by atoms with E-state index < -0.39 is 0 Å². The van der Waals surface area contributed by atoms with Crippen LogP contribution in [0.1, 0.15) is 0 Å². The maximum Gasteiger partial charge on any atom is 0.262 e. The Bertz CT molecular complexity index is 511. The molecule has 18 heavy (non-hydrogen) atoms. The SMILES string of the molecule is O=C(COc1ccc(F)cc1)Nc1ccccc1. The Morgan fingerprint density at radius 2 is 1.72 bits per heavy atom. The molecule has 0 aliphatic rings. The van der Waals surface area contributed by atoms with Crippen LogP contribution >= 0.6 is 0 Å². The standard InChI is InChI=1S/C14H12FNO2/c15-11-6-8-13(9-7-11)18-10-14(17)16-12-4-2-1-3-5-12/h1-9H,10H2,(H,16,17). The minimum atomic E-state index is -0.337. The van der Waals surface area contributed by atoms with Gasteiger partial charge in [-0.1, -0.05) is 18.2 Å². The molecule has 0 bridgehead atoms. The predicted molar refractivity (Wildman–Crippen MR) is 67.0 cm³/mol. The lowest BCUT2D eigenvalue weighted by Crippen LogP contribution is -2.20. The van der Waals surface area contributed by atoms with Crippen LogP contribution in [0.5, 0.6) is 5.75 Å². The van der Waals surface area contributed by atoms with Gasteiger partial charge >= 0.3 is 0 Å². The zero-order chi connectivity index (χ0) is 12.8. The fraction of sp³-hybridized carbons (Fsp3) is 0.0714. The molecular weight excluding hydrogens is 233 g/mol. The van der Waals surface area contributed by atoms with Crippen molar-refractivity contribution in [3.05, 3.63) is 60.4 Å². The van der Waals surface area contributed by atoms with Crippen molar-refractivity contribution in [3.8, 4) is 5.75 Å². The van der Waals surface area contributed by atoms with Crippen LogP contribution in [0.15, 0.2) is 54.6 Å². The highest BCUT2D eigenvalue weighted by molar-refractivity contribution is 5.91. The summed E-state index contributed by atoms with van der Waals surface area (Å²) in [5.74, 6) is -0.138. The number of ether oxygens (including phenoxy) is 1. The lowest BCUT2D eigenvalue weighted by molar-refractivity contribution is -0.118. The van der Waals surface area contributed by atoms with Crippen LogP contribution in [0.25, 0.3) is 0 Å². The predicted octanol–water partition coefficient (Wildman–Crippen LogP) is 2.84. The monoisotopic (exact) mass is 245 g/mol. The number of halogens is 1. The van der Waals surface area contributed by atoms with Crippen molar-refractivity contribution in [2.24, 2.45) is 0 Å². The summed E-state index contributed by atoms with van der Waals surface area (Å²) in [6.45, 7) is -0.111. The second-order valence-electron chi connectivity index (χ2n) is 3.66. The number of hydrogen-bond acceptors (Lipinski definition) is 2. The van der Waals surface area contributed by atoms with Gasteiger partial charge in [-0.15, -0.1) is 0 Å². The molecule has 0 aliphatic carbocycles. The summed E-state index contributed by atoms with van der Waals surface area (Å²) in [4.78, 5) is 11.5. The van der Waals surface area contributed by atoms with Gasteiger partial charge in [-0.05, 0) is 36.4 Å². The van der Waals surface area contributed by atoms with E-state index in [2.05, 4.69) is 5.32 Å². The largest absolute Gasteiger partial charge is 0.484 e. The van der Waals surface area contributed by atoms with E-state index in [1.165, 1.54) is 24.3 Å². The third kappa shape index (κ3) is 3.59. The second kappa shape index (κ2) is 5.82. The van der Waals surface area contributed by atoms with Gasteiger partial charge in [-0.25, -0.2) is 4.39 Å². The molecule has 4 heteroatoms. The molecule has 92 valence electrons. The normalized spacial score (nSPS) is 9.83. The molecule has 2 rings (SSSR count). The molecule has 3 nitrogen and oxygen atoms in total. The molecule has 0 aromatic heterocycles. The lowest BCUT2D eigenvalue weighted by Gasteiger charge is -2.07. The van der Waals surface area contributed by atoms with Gasteiger partial charge in [0.05, 0.1) is 0 Å². The number of carbonyl (C=O) groups excluding carboxylic acids is 1. The topological polar surface area (TPSA) is 38.3 Å². The third-order valence-corrected chi connectivity index (χ3v) is 2.24. The molecule has 0 unspecified atom stereocenters. The molecule has 0 saturated heterocycles. The third-order valence-electron chi connectivity index (χ3n) is 2.24. The minimum absolute atomic E-state index is 0.111. The van der Waals surface area contributed by atoms with Crippen LogP contribution in [0.4, 0.5) is 10.1 Å². The molecule has 1 N–H and O–H groups in total. The first kappa shape index (κ1) is 12.1. The van der Waals surface area contributed by atoms with Crippen LogP contribution < -0.4 is 10.1 Å². The molecule has 0 aliphatic heterocycles. The minimum Gasteiger partial charge on any atom is -0.484 e. The number of hydrogen-bond donors (Lipinski definition) is 1. The number of rotatable bonds is 4. The Morgan fingerprint density at radius 3 is 2.39 bits per heavy atom. The summed E-state index contributed by atoms with van der Waals surface area (Å²) in [6.07, 6.45) is 0. The van der Waals surface area contributed by atoms with Gasteiger partial charge in [0.2, 0.25) is 0 Å². The number of benzene rings is 2. The average molecular weight is 245 g/mol. The number of carbonyl (C=O) groups is 1. The van der Waals surface area contributed by atoms with Crippen LogP contribution in [-0.4, -0.2) is 12.5 Å². The molecule has 0 spiro atoms. The quantitative estimate of drug-likeness (QED) is 0.899. The van der Waals surface area contributed by atoms with Crippen molar-refractivity contribution in [2.45, 2.75) is 0 Å². The Morgan fingerprint density at radius 1 is 1.06 bits per heavy atom. The van der Waals surface area contributed by atoms with Crippen molar-refractivity contribution in [3.63, 3.8) is 0 Å². The second-order valence-corrected chi connectivity index (χ2v) is 3.66. The number of nitrogens with one attached hydrogen (secondary N) is 1. The summed E-state index contributed by atoms with van der Waals surface area (Å²) in [5, 5.41) is 2.69. The van der Waals surface area contributed by atoms with E-state index in [0.717, 1.165) is 0 Å². The molecule has 2 aromatic carbocycles. The summed E-state index contributed by atoms with van der Waals surface area (Å²) in [7, 11) is 0. The van der Waals surface area contributed by atoms with Gasteiger partial charge in [0, 0.05) is 5.69 Å². The van der Waals surface area contributed by atoms with Crippen molar-refractivity contribution < 1.29 is 13.9 Å². The highest BCUT2D eigenvalue weighted by atomic mass is 19.1. The van der Waals surface area contributed by atoms with E-state index in [4.69, 9.17) is 4.74 Å². The maximum atomic E-state index is 12.6. The van der Waals surface area contributed by atoms with Crippen molar-refractivity contribution >= 4 is 11.6 Å². The van der Waals surface area contributed by atoms with Gasteiger partial charge in [-0.3, -0.25) is 4.79 Å². The Balaban J connectivity index is 1.83. The first-order valence-corrected chi connectivity index (χ1v) is 5.47. The number of amides is 1. The molecule has 0 radical (unpaired) electrons. The summed E-state index contributed by atoms with van der Waals surface area (Å²) < 4.78 is 17.9. The Labute approximate surface area is 104 Å². The smallest absolute Gasteiger partial charge is 0.262 e. The Hall–Kier alpha value is -2.36. The van der Waals surface area contributed by atoms with Crippen molar-refractivity contribution in [1.82, 2.24) is 0 Å². The first-order valence-electron chi connectivity index (χ1n) is 5.47. The maximum absolute atomic E-state index is 12.6. The average Bonchev–Trinajstić information content (AvgIpc) is 2.39. The zero-order valence-electron chi connectivity index (χ0n) is 9.60. The molecule has 0 heterocycles. The van der Waals surface area contributed by atoms with Gasteiger partial charge in [-0.2, -0.15) is 0 Å². The van der Waals surface area contributed by atoms with E-state index in [-0.39, 0.29) is 18.3 Å². The first-order chi connectivity index (χ1) is 8.74. The highest BCUT2D eigenvalue weighted by Gasteiger charge is 2.03. The molecule has 1 amide bonds. The Kier molecular flexibility index (Phi) is 3.91. The van der Waals surface area contributed by atoms with Crippen LogP contribution in [-0.2, 0) is 4.79 Å². The van der Waals surface area contributed by atoms with Gasteiger partial charge in [0.1, 0.15) is 11.6 Å². The highest BCUT2D eigenvalue weighted by Crippen LogP contribution is 2.11. The fourth-order valence-electron chi connectivity index (χ4n) is 1.40. The van der Waals surface area contributed by atoms with Gasteiger partial charge in [0.15, 0.2) is 6.61 Å². The summed E-state index contributed by atoms with van der Waals surface area (Å²) >= 11 is 0. The van der Waals surface area contributed by atoms with Crippen molar-refractivity contribution in [1.29, 1.82) is 0 Å². The van der Waals surface area contributed by atoms with E-state index in [1.807, 2.05) is 18.2 Å². The molecular formula is C14H12FNO2.